The molecule has 0 radical (unpaired) electrons. The molecular weight excluding hydrogens is 278 g/mol. The Hall–Kier alpha value is -2.82. The van der Waals surface area contributed by atoms with Gasteiger partial charge in [-0.05, 0) is 42.8 Å². The van der Waals surface area contributed by atoms with E-state index in [2.05, 4.69) is 9.55 Å². The van der Waals surface area contributed by atoms with E-state index in [9.17, 15) is 4.79 Å². The number of aromatic nitrogens is 2. The number of hydrogen-bond acceptors (Lipinski definition) is 3. The van der Waals surface area contributed by atoms with Gasteiger partial charge in [0.15, 0.2) is 0 Å². The van der Waals surface area contributed by atoms with Gasteiger partial charge in [-0.3, -0.25) is 4.79 Å². The Morgan fingerprint density at radius 2 is 1.86 bits per heavy atom. The van der Waals surface area contributed by atoms with Gasteiger partial charge in [0, 0.05) is 24.2 Å². The van der Waals surface area contributed by atoms with Gasteiger partial charge in [0.1, 0.15) is 5.82 Å². The molecule has 1 heterocycles. The summed E-state index contributed by atoms with van der Waals surface area (Å²) < 4.78 is 2.07. The first kappa shape index (κ1) is 14.1. The summed E-state index contributed by atoms with van der Waals surface area (Å²) >= 11 is 0. The topological polar surface area (TPSA) is 81.1 Å². The van der Waals surface area contributed by atoms with E-state index in [4.69, 9.17) is 10.8 Å². The number of nitrogens with two attached hydrogens (primary N) is 1. The molecule has 3 aromatic rings. The number of carbonyl (C=O) groups is 1. The number of aryl methyl sites for hydroxylation is 1. The minimum atomic E-state index is -0.779. The minimum Gasteiger partial charge on any atom is -0.481 e. The number of benzene rings is 2. The van der Waals surface area contributed by atoms with Gasteiger partial charge in [0.25, 0.3) is 0 Å². The number of fused-ring (bicyclic) bond motifs is 1. The van der Waals surface area contributed by atoms with Crippen LogP contribution in [0.1, 0.15) is 12.8 Å². The zero-order valence-electron chi connectivity index (χ0n) is 12.1. The molecule has 0 amide bonds. The van der Waals surface area contributed by atoms with Crippen LogP contribution in [0, 0.1) is 0 Å². The Morgan fingerprint density at radius 3 is 2.59 bits per heavy atom. The normalized spacial score (nSPS) is 10.9. The quantitative estimate of drug-likeness (QED) is 0.708. The summed E-state index contributed by atoms with van der Waals surface area (Å²) in [6, 6.07) is 15.4. The van der Waals surface area contributed by atoms with Crippen molar-refractivity contribution in [1.82, 2.24) is 9.55 Å². The van der Waals surface area contributed by atoms with Crippen molar-refractivity contribution in [3.8, 4) is 11.4 Å². The van der Waals surface area contributed by atoms with Crippen LogP contribution in [0.3, 0.4) is 0 Å². The fourth-order valence-electron chi connectivity index (χ4n) is 2.54. The third-order valence-corrected chi connectivity index (χ3v) is 3.60. The van der Waals surface area contributed by atoms with Crippen LogP contribution in [0.4, 0.5) is 5.69 Å². The van der Waals surface area contributed by atoms with E-state index in [1.807, 2.05) is 48.5 Å². The van der Waals surface area contributed by atoms with Gasteiger partial charge in [-0.1, -0.05) is 12.1 Å². The summed E-state index contributed by atoms with van der Waals surface area (Å²) in [7, 11) is 0. The molecule has 0 fully saturated rings. The van der Waals surface area contributed by atoms with E-state index in [0.29, 0.717) is 18.7 Å². The number of carboxylic acids is 1. The van der Waals surface area contributed by atoms with Crippen LogP contribution in [0.15, 0.2) is 48.5 Å². The largest absolute Gasteiger partial charge is 0.481 e. The molecule has 0 bridgehead atoms. The molecular formula is C17H17N3O2. The third kappa shape index (κ3) is 2.79. The highest BCUT2D eigenvalue weighted by molar-refractivity contribution is 5.80. The Bertz CT molecular complexity index is 806. The van der Waals surface area contributed by atoms with E-state index < -0.39 is 5.97 Å². The van der Waals surface area contributed by atoms with Crippen molar-refractivity contribution in [3.05, 3.63) is 48.5 Å². The van der Waals surface area contributed by atoms with Gasteiger partial charge >= 0.3 is 5.97 Å². The lowest BCUT2D eigenvalue weighted by atomic mass is 10.2. The van der Waals surface area contributed by atoms with Gasteiger partial charge < -0.3 is 15.4 Å². The highest BCUT2D eigenvalue weighted by atomic mass is 16.4. The van der Waals surface area contributed by atoms with Crippen molar-refractivity contribution in [3.63, 3.8) is 0 Å². The van der Waals surface area contributed by atoms with Crippen LogP contribution >= 0.6 is 0 Å². The lowest BCUT2D eigenvalue weighted by Crippen LogP contribution is -2.04. The molecule has 0 saturated heterocycles. The fraction of sp³-hybridized carbons (Fsp3) is 0.176. The molecule has 3 rings (SSSR count). The highest BCUT2D eigenvalue weighted by Gasteiger charge is 2.12. The number of anilines is 1. The predicted molar refractivity (Wildman–Crippen MR) is 86.5 cm³/mol. The molecule has 0 aliphatic carbocycles. The predicted octanol–water partition coefficient (Wildman–Crippen LogP) is 3.15. The van der Waals surface area contributed by atoms with Crippen molar-refractivity contribution in [2.24, 2.45) is 0 Å². The number of carboxylic acid groups (broad SMARTS) is 1. The Balaban J connectivity index is 2.04. The van der Waals surface area contributed by atoms with Crippen LogP contribution in [-0.4, -0.2) is 20.6 Å². The molecule has 22 heavy (non-hydrogen) atoms. The van der Waals surface area contributed by atoms with Crippen LogP contribution in [0.5, 0.6) is 0 Å². The van der Waals surface area contributed by atoms with Gasteiger partial charge in [-0.25, -0.2) is 4.98 Å². The SMILES string of the molecule is Nc1ccc(-c2nc3ccccc3n2CCCC(=O)O)cc1. The Morgan fingerprint density at radius 1 is 1.14 bits per heavy atom. The lowest BCUT2D eigenvalue weighted by Gasteiger charge is -2.09. The maximum Gasteiger partial charge on any atom is 0.303 e. The zero-order valence-corrected chi connectivity index (χ0v) is 12.1. The molecule has 5 heteroatoms. The van der Waals surface area contributed by atoms with E-state index in [-0.39, 0.29) is 6.42 Å². The average molecular weight is 295 g/mol. The van der Waals surface area contributed by atoms with Crippen LogP contribution in [-0.2, 0) is 11.3 Å². The number of imidazole rings is 1. The number of para-hydroxylation sites is 2. The van der Waals surface area contributed by atoms with Crippen LogP contribution < -0.4 is 5.73 Å². The molecule has 0 atom stereocenters. The number of hydrogen-bond donors (Lipinski definition) is 2. The Labute approximate surface area is 128 Å². The van der Waals surface area contributed by atoms with E-state index >= 15 is 0 Å². The second-order valence-corrected chi connectivity index (χ2v) is 5.20. The number of nitrogen functional groups attached to an aromatic ring is 1. The molecule has 0 aliphatic rings. The minimum absolute atomic E-state index is 0.147. The summed E-state index contributed by atoms with van der Waals surface area (Å²) in [6.45, 7) is 0.618. The average Bonchev–Trinajstić information content (AvgIpc) is 2.87. The first-order valence-electron chi connectivity index (χ1n) is 7.18. The monoisotopic (exact) mass is 295 g/mol. The summed E-state index contributed by atoms with van der Waals surface area (Å²) in [5, 5.41) is 8.83. The molecule has 0 aliphatic heterocycles. The number of aliphatic carboxylic acids is 1. The van der Waals surface area contributed by atoms with Crippen molar-refractivity contribution in [1.29, 1.82) is 0 Å². The molecule has 0 unspecified atom stereocenters. The smallest absolute Gasteiger partial charge is 0.303 e. The summed E-state index contributed by atoms with van der Waals surface area (Å²) in [5.74, 6) is 0.0602. The molecule has 2 aromatic carbocycles. The van der Waals surface area contributed by atoms with Crippen molar-refractivity contribution in [2.45, 2.75) is 19.4 Å². The highest BCUT2D eigenvalue weighted by Crippen LogP contribution is 2.26. The van der Waals surface area contributed by atoms with Gasteiger partial charge in [-0.15, -0.1) is 0 Å². The second-order valence-electron chi connectivity index (χ2n) is 5.20. The van der Waals surface area contributed by atoms with Crippen molar-refractivity contribution >= 4 is 22.7 Å². The van der Waals surface area contributed by atoms with Gasteiger partial charge in [-0.2, -0.15) is 0 Å². The maximum absolute atomic E-state index is 10.7. The van der Waals surface area contributed by atoms with Crippen molar-refractivity contribution in [2.75, 3.05) is 5.73 Å². The molecule has 3 N–H and O–H groups in total. The Kier molecular flexibility index (Phi) is 3.78. The summed E-state index contributed by atoms with van der Waals surface area (Å²) in [6.07, 6.45) is 0.714. The van der Waals surface area contributed by atoms with E-state index in [1.54, 1.807) is 0 Å². The molecule has 0 saturated carbocycles. The zero-order chi connectivity index (χ0) is 15.5. The maximum atomic E-state index is 10.7. The lowest BCUT2D eigenvalue weighted by molar-refractivity contribution is -0.137. The number of nitrogens with zero attached hydrogens (tertiary/aromatic N) is 2. The fourth-order valence-corrected chi connectivity index (χ4v) is 2.54. The first-order valence-corrected chi connectivity index (χ1v) is 7.18. The van der Waals surface area contributed by atoms with Crippen molar-refractivity contribution < 1.29 is 9.90 Å². The number of rotatable bonds is 5. The second kappa shape index (κ2) is 5.89. The van der Waals surface area contributed by atoms with Crippen LogP contribution in [0.2, 0.25) is 0 Å². The molecule has 5 nitrogen and oxygen atoms in total. The summed E-state index contributed by atoms with van der Waals surface area (Å²) in [4.78, 5) is 15.4. The molecule has 1 aromatic heterocycles. The first-order chi connectivity index (χ1) is 10.6. The molecule has 0 spiro atoms. The molecule has 112 valence electrons. The summed E-state index contributed by atoms with van der Waals surface area (Å²) in [5.41, 5.74) is 9.34. The van der Waals surface area contributed by atoms with Gasteiger partial charge in [0.05, 0.1) is 11.0 Å². The van der Waals surface area contributed by atoms with Crippen LogP contribution in [0.25, 0.3) is 22.4 Å². The van der Waals surface area contributed by atoms with Gasteiger partial charge in [0.2, 0.25) is 0 Å². The standard InChI is InChI=1S/C17H17N3O2/c18-13-9-7-12(8-10-13)17-19-14-4-1-2-5-15(14)20(17)11-3-6-16(21)22/h1-2,4-5,7-10H,3,6,11,18H2,(H,21,22). The van der Waals surface area contributed by atoms with E-state index in [1.165, 1.54) is 0 Å². The third-order valence-electron chi connectivity index (χ3n) is 3.60. The van der Waals surface area contributed by atoms with E-state index in [0.717, 1.165) is 22.4 Å².